The Hall–Kier alpha value is -1.81. The standard InChI is InChI=1S/C15H19F3N4O2S/c1-14(2)9-20(4-5-22(14)25(3,23)24)12-6-11(15(16,17)18)8-21-10-19-7-13(12)21/h6-8,10H,4-5,9H2,1-3H3. The van der Waals surface area contributed by atoms with Gasteiger partial charge in [0.05, 0.1) is 35.5 Å². The quantitative estimate of drug-likeness (QED) is 0.807. The van der Waals surface area contributed by atoms with E-state index in [0.29, 0.717) is 17.7 Å². The highest BCUT2D eigenvalue weighted by atomic mass is 32.2. The number of piperazine rings is 1. The molecule has 0 aromatic carbocycles. The zero-order valence-corrected chi connectivity index (χ0v) is 14.9. The smallest absolute Gasteiger partial charge is 0.367 e. The Balaban J connectivity index is 2.04. The summed E-state index contributed by atoms with van der Waals surface area (Å²) in [7, 11) is -3.39. The van der Waals surface area contributed by atoms with Gasteiger partial charge in [-0.15, -0.1) is 0 Å². The summed E-state index contributed by atoms with van der Waals surface area (Å²) in [5.41, 5.74) is -0.557. The van der Waals surface area contributed by atoms with Gasteiger partial charge >= 0.3 is 6.18 Å². The molecule has 1 fully saturated rings. The summed E-state index contributed by atoms with van der Waals surface area (Å²) in [6, 6.07) is 1.10. The van der Waals surface area contributed by atoms with Crippen molar-refractivity contribution in [2.75, 3.05) is 30.8 Å². The molecule has 1 aliphatic heterocycles. The molecule has 6 nitrogen and oxygen atoms in total. The number of rotatable bonds is 2. The number of alkyl halides is 3. The van der Waals surface area contributed by atoms with E-state index in [-0.39, 0.29) is 13.1 Å². The molecule has 10 heteroatoms. The minimum absolute atomic E-state index is 0.211. The van der Waals surface area contributed by atoms with Crippen LogP contribution in [-0.2, 0) is 16.2 Å². The summed E-state index contributed by atoms with van der Waals surface area (Å²) in [6.07, 6.45) is 0.502. The molecule has 3 heterocycles. The van der Waals surface area contributed by atoms with Crippen LogP contribution in [-0.4, -0.2) is 53.5 Å². The van der Waals surface area contributed by atoms with E-state index in [1.54, 1.807) is 18.7 Å². The normalized spacial score (nSPS) is 19.5. The second-order valence-corrected chi connectivity index (χ2v) is 8.77. The highest BCUT2D eigenvalue weighted by Crippen LogP contribution is 2.35. The Labute approximate surface area is 143 Å². The van der Waals surface area contributed by atoms with Crippen LogP contribution in [0.3, 0.4) is 0 Å². The molecular weight excluding hydrogens is 357 g/mol. The van der Waals surface area contributed by atoms with E-state index >= 15 is 0 Å². The van der Waals surface area contributed by atoms with Gasteiger partial charge in [0.1, 0.15) is 0 Å². The van der Waals surface area contributed by atoms with Crippen molar-refractivity contribution < 1.29 is 21.6 Å². The van der Waals surface area contributed by atoms with Crippen LogP contribution in [0.4, 0.5) is 18.9 Å². The Bertz CT molecular complexity index is 905. The van der Waals surface area contributed by atoms with E-state index in [4.69, 9.17) is 0 Å². The van der Waals surface area contributed by atoms with Crippen molar-refractivity contribution in [2.45, 2.75) is 25.6 Å². The molecular formula is C15H19F3N4O2S. The molecule has 2 aromatic rings. The van der Waals surface area contributed by atoms with Crippen molar-refractivity contribution in [1.29, 1.82) is 0 Å². The highest BCUT2D eigenvalue weighted by Gasteiger charge is 2.40. The molecule has 0 atom stereocenters. The van der Waals surface area contributed by atoms with E-state index in [2.05, 4.69) is 4.98 Å². The lowest BCUT2D eigenvalue weighted by atomic mass is 10.0. The van der Waals surface area contributed by atoms with E-state index in [1.807, 2.05) is 0 Å². The van der Waals surface area contributed by atoms with Crippen molar-refractivity contribution in [3.63, 3.8) is 0 Å². The van der Waals surface area contributed by atoms with Crippen LogP contribution in [0.2, 0.25) is 0 Å². The number of aromatic nitrogens is 2. The summed E-state index contributed by atoms with van der Waals surface area (Å²) >= 11 is 0. The van der Waals surface area contributed by atoms with Crippen molar-refractivity contribution in [3.05, 3.63) is 30.4 Å². The second-order valence-electron chi connectivity index (χ2n) is 6.87. The molecule has 25 heavy (non-hydrogen) atoms. The van der Waals surface area contributed by atoms with Gasteiger partial charge in [-0.05, 0) is 19.9 Å². The van der Waals surface area contributed by atoms with Gasteiger partial charge in [0.25, 0.3) is 0 Å². The number of sulfonamides is 1. The lowest BCUT2D eigenvalue weighted by molar-refractivity contribution is -0.137. The van der Waals surface area contributed by atoms with E-state index in [0.717, 1.165) is 18.5 Å². The maximum absolute atomic E-state index is 13.2. The zero-order chi connectivity index (χ0) is 18.6. The number of imidazole rings is 1. The maximum atomic E-state index is 13.2. The van der Waals surface area contributed by atoms with Gasteiger partial charge in [0, 0.05) is 31.4 Å². The van der Waals surface area contributed by atoms with Crippen molar-refractivity contribution >= 4 is 21.2 Å². The molecule has 0 unspecified atom stereocenters. The van der Waals surface area contributed by atoms with Gasteiger partial charge in [0.2, 0.25) is 10.0 Å². The van der Waals surface area contributed by atoms with Crippen molar-refractivity contribution in [3.8, 4) is 0 Å². The molecule has 0 amide bonds. The number of fused-ring (bicyclic) bond motifs is 1. The number of hydrogen-bond donors (Lipinski definition) is 0. The van der Waals surface area contributed by atoms with Crippen LogP contribution >= 0.6 is 0 Å². The first-order valence-electron chi connectivity index (χ1n) is 7.65. The third-order valence-corrected chi connectivity index (χ3v) is 5.87. The number of hydrogen-bond acceptors (Lipinski definition) is 4. The van der Waals surface area contributed by atoms with Crippen LogP contribution in [0.25, 0.3) is 5.52 Å². The third kappa shape index (κ3) is 3.32. The van der Waals surface area contributed by atoms with E-state index in [1.165, 1.54) is 21.2 Å². The Morgan fingerprint density at radius 2 is 1.92 bits per heavy atom. The monoisotopic (exact) mass is 376 g/mol. The second kappa shape index (κ2) is 5.60. The first kappa shape index (κ1) is 18.0. The average Bonchev–Trinajstić information content (AvgIpc) is 2.90. The fourth-order valence-electron chi connectivity index (χ4n) is 3.38. The number of halogens is 3. The highest BCUT2D eigenvalue weighted by molar-refractivity contribution is 7.88. The molecule has 0 saturated carbocycles. The van der Waals surface area contributed by atoms with Gasteiger partial charge in [-0.3, -0.25) is 0 Å². The third-order valence-electron chi connectivity index (χ3n) is 4.39. The minimum Gasteiger partial charge on any atom is -0.367 e. The Morgan fingerprint density at radius 3 is 2.48 bits per heavy atom. The number of anilines is 1. The van der Waals surface area contributed by atoms with Crippen molar-refractivity contribution in [2.24, 2.45) is 0 Å². The SMILES string of the molecule is CC1(C)CN(c2cc(C(F)(F)F)cn3cncc23)CCN1S(C)(=O)=O. The molecule has 1 saturated heterocycles. The maximum Gasteiger partial charge on any atom is 0.417 e. The topological polar surface area (TPSA) is 57.9 Å². The summed E-state index contributed by atoms with van der Waals surface area (Å²) in [5, 5.41) is 0. The van der Waals surface area contributed by atoms with Crippen molar-refractivity contribution in [1.82, 2.24) is 13.7 Å². The molecule has 138 valence electrons. The van der Waals surface area contributed by atoms with Gasteiger partial charge in [-0.25, -0.2) is 13.4 Å². The first-order valence-corrected chi connectivity index (χ1v) is 9.50. The molecule has 2 aromatic heterocycles. The van der Waals surface area contributed by atoms with Crippen LogP contribution < -0.4 is 4.90 Å². The summed E-state index contributed by atoms with van der Waals surface area (Å²) in [4.78, 5) is 5.72. The minimum atomic E-state index is -4.47. The summed E-state index contributed by atoms with van der Waals surface area (Å²) < 4.78 is 66.2. The molecule has 3 rings (SSSR count). The molecule has 0 radical (unpaired) electrons. The predicted molar refractivity (Wildman–Crippen MR) is 88.0 cm³/mol. The van der Waals surface area contributed by atoms with Crippen LogP contribution in [0.15, 0.2) is 24.8 Å². The molecule has 0 N–H and O–H groups in total. The first-order chi connectivity index (χ1) is 11.4. The molecule has 1 aliphatic rings. The lowest BCUT2D eigenvalue weighted by Crippen LogP contribution is -2.60. The summed E-state index contributed by atoms with van der Waals surface area (Å²) in [5.74, 6) is 0. The van der Waals surface area contributed by atoms with E-state index < -0.39 is 27.3 Å². The zero-order valence-electron chi connectivity index (χ0n) is 14.1. The van der Waals surface area contributed by atoms with Gasteiger partial charge in [-0.2, -0.15) is 17.5 Å². The van der Waals surface area contributed by atoms with Crippen LogP contribution in [0, 0.1) is 0 Å². The van der Waals surface area contributed by atoms with Crippen LogP contribution in [0.5, 0.6) is 0 Å². The summed E-state index contributed by atoms with van der Waals surface area (Å²) in [6.45, 7) is 4.33. The number of nitrogens with zero attached hydrogens (tertiary/aromatic N) is 4. The fraction of sp³-hybridized carbons (Fsp3) is 0.533. The Morgan fingerprint density at radius 1 is 1.24 bits per heavy atom. The fourth-order valence-corrected chi connectivity index (χ4v) is 4.75. The number of pyridine rings is 1. The predicted octanol–water partition coefficient (Wildman–Crippen LogP) is 2.21. The Kier molecular flexibility index (Phi) is 4.03. The van der Waals surface area contributed by atoms with Gasteiger partial charge in [-0.1, -0.05) is 0 Å². The van der Waals surface area contributed by atoms with Crippen LogP contribution in [0.1, 0.15) is 19.4 Å². The largest absolute Gasteiger partial charge is 0.417 e. The van der Waals surface area contributed by atoms with E-state index in [9.17, 15) is 21.6 Å². The van der Waals surface area contributed by atoms with Gasteiger partial charge in [0.15, 0.2) is 0 Å². The molecule has 0 bridgehead atoms. The van der Waals surface area contributed by atoms with Gasteiger partial charge < -0.3 is 9.30 Å². The average molecular weight is 376 g/mol. The molecule has 0 spiro atoms. The molecule has 0 aliphatic carbocycles. The lowest BCUT2D eigenvalue weighted by Gasteiger charge is -2.46.